The molecule has 2 rings (SSSR count). The molecule has 0 atom stereocenters. The highest BCUT2D eigenvalue weighted by atomic mass is 32.1. The van der Waals surface area contributed by atoms with Gasteiger partial charge >= 0.3 is 6.03 Å². The standard InChI is InChI=1S/C22H32N4O4S/c1-4-5-6-7-12-23-21(27)19-16-31-20(25-19)15-26(13-14-29-2)22(28)24-17-8-10-18(30-3)11-9-17/h8-11,16H,4-7,12-15H2,1-3H3,(H,23,27)(H,24,28). The fourth-order valence-corrected chi connectivity index (χ4v) is 3.61. The fraction of sp³-hybridized carbons (Fsp3) is 0.500. The molecule has 31 heavy (non-hydrogen) atoms. The normalized spacial score (nSPS) is 10.5. The Hall–Kier alpha value is -2.65. The van der Waals surface area contributed by atoms with Gasteiger partial charge in [-0.3, -0.25) is 4.79 Å². The number of methoxy groups -OCH3 is 2. The summed E-state index contributed by atoms with van der Waals surface area (Å²) in [6.07, 6.45) is 4.41. The van der Waals surface area contributed by atoms with Crippen molar-refractivity contribution in [1.82, 2.24) is 15.2 Å². The van der Waals surface area contributed by atoms with Gasteiger partial charge in [0.25, 0.3) is 5.91 Å². The van der Waals surface area contributed by atoms with Gasteiger partial charge in [0.05, 0.1) is 20.3 Å². The van der Waals surface area contributed by atoms with E-state index >= 15 is 0 Å². The summed E-state index contributed by atoms with van der Waals surface area (Å²) in [5.74, 6) is 0.540. The van der Waals surface area contributed by atoms with Crippen LogP contribution in [-0.4, -0.2) is 55.7 Å². The Bertz CT molecular complexity index is 810. The first kappa shape index (κ1) is 24.6. The summed E-state index contributed by atoms with van der Waals surface area (Å²) in [6.45, 7) is 3.89. The van der Waals surface area contributed by atoms with E-state index < -0.39 is 0 Å². The first-order chi connectivity index (χ1) is 15.1. The minimum Gasteiger partial charge on any atom is -0.497 e. The molecule has 0 saturated carbocycles. The van der Waals surface area contributed by atoms with E-state index in [1.165, 1.54) is 17.8 Å². The van der Waals surface area contributed by atoms with E-state index in [0.29, 0.717) is 48.4 Å². The summed E-state index contributed by atoms with van der Waals surface area (Å²) in [5, 5.41) is 8.20. The third kappa shape index (κ3) is 8.55. The van der Waals surface area contributed by atoms with E-state index in [1.807, 2.05) is 0 Å². The quantitative estimate of drug-likeness (QED) is 0.449. The Kier molecular flexibility index (Phi) is 10.8. The van der Waals surface area contributed by atoms with Gasteiger partial charge in [0.1, 0.15) is 16.5 Å². The van der Waals surface area contributed by atoms with E-state index in [9.17, 15) is 9.59 Å². The second-order valence-electron chi connectivity index (χ2n) is 7.02. The average Bonchev–Trinajstić information content (AvgIpc) is 3.25. The van der Waals surface area contributed by atoms with Gasteiger partial charge in [-0.2, -0.15) is 0 Å². The van der Waals surface area contributed by atoms with Crippen LogP contribution in [0.5, 0.6) is 5.75 Å². The fourth-order valence-electron chi connectivity index (χ4n) is 2.83. The molecule has 3 amide bonds. The first-order valence-electron chi connectivity index (χ1n) is 10.5. The molecule has 0 fully saturated rings. The van der Waals surface area contributed by atoms with Gasteiger partial charge in [-0.15, -0.1) is 11.3 Å². The lowest BCUT2D eigenvalue weighted by molar-refractivity contribution is 0.0948. The van der Waals surface area contributed by atoms with Crippen LogP contribution in [0.3, 0.4) is 0 Å². The predicted molar refractivity (Wildman–Crippen MR) is 123 cm³/mol. The Morgan fingerprint density at radius 2 is 1.90 bits per heavy atom. The molecular formula is C22H32N4O4S. The van der Waals surface area contributed by atoms with Crippen LogP contribution in [0.15, 0.2) is 29.6 Å². The highest BCUT2D eigenvalue weighted by Crippen LogP contribution is 2.17. The number of benzene rings is 1. The number of ether oxygens (including phenoxy) is 2. The van der Waals surface area contributed by atoms with Crippen molar-refractivity contribution in [3.05, 3.63) is 40.3 Å². The van der Waals surface area contributed by atoms with E-state index in [2.05, 4.69) is 22.5 Å². The highest BCUT2D eigenvalue weighted by Gasteiger charge is 2.17. The molecule has 0 radical (unpaired) electrons. The van der Waals surface area contributed by atoms with Crippen LogP contribution in [0.25, 0.3) is 0 Å². The number of carbonyl (C=O) groups excluding carboxylic acids is 2. The van der Waals surface area contributed by atoms with E-state index in [0.717, 1.165) is 19.3 Å². The van der Waals surface area contributed by atoms with Crippen LogP contribution in [-0.2, 0) is 11.3 Å². The maximum Gasteiger partial charge on any atom is 0.322 e. The number of anilines is 1. The van der Waals surface area contributed by atoms with Crippen LogP contribution in [0.1, 0.15) is 48.1 Å². The van der Waals surface area contributed by atoms with Gasteiger partial charge < -0.3 is 25.0 Å². The van der Waals surface area contributed by atoms with Gasteiger partial charge in [-0.25, -0.2) is 9.78 Å². The van der Waals surface area contributed by atoms with Crippen molar-refractivity contribution >= 4 is 29.0 Å². The molecule has 0 aliphatic heterocycles. The largest absolute Gasteiger partial charge is 0.497 e. The molecule has 2 aromatic rings. The summed E-state index contributed by atoms with van der Waals surface area (Å²) in [6, 6.07) is 6.85. The SMILES string of the molecule is CCCCCCNC(=O)c1csc(CN(CCOC)C(=O)Nc2ccc(OC)cc2)n1. The second kappa shape index (κ2) is 13.6. The van der Waals surface area contributed by atoms with Gasteiger partial charge in [0.2, 0.25) is 0 Å². The molecule has 0 unspecified atom stereocenters. The van der Waals surface area contributed by atoms with Gasteiger partial charge in [0, 0.05) is 31.3 Å². The third-order valence-corrected chi connectivity index (χ3v) is 5.45. The molecule has 0 saturated heterocycles. The van der Waals surface area contributed by atoms with Crippen molar-refractivity contribution in [1.29, 1.82) is 0 Å². The molecule has 0 aliphatic rings. The van der Waals surface area contributed by atoms with Gasteiger partial charge in [-0.1, -0.05) is 26.2 Å². The monoisotopic (exact) mass is 448 g/mol. The van der Waals surface area contributed by atoms with Crippen molar-refractivity contribution in [3.63, 3.8) is 0 Å². The molecule has 1 aromatic heterocycles. The van der Waals surface area contributed by atoms with Gasteiger partial charge in [0.15, 0.2) is 0 Å². The number of urea groups is 1. The Morgan fingerprint density at radius 1 is 1.13 bits per heavy atom. The van der Waals surface area contributed by atoms with Crippen molar-refractivity contribution in [2.75, 3.05) is 39.2 Å². The summed E-state index contributed by atoms with van der Waals surface area (Å²) in [4.78, 5) is 31.1. The molecule has 2 N–H and O–H groups in total. The van der Waals surface area contributed by atoms with Crippen LogP contribution < -0.4 is 15.4 Å². The molecule has 1 heterocycles. The number of rotatable bonds is 13. The van der Waals surface area contributed by atoms with Crippen LogP contribution in [0.2, 0.25) is 0 Å². The molecule has 0 spiro atoms. The van der Waals surface area contributed by atoms with Crippen LogP contribution >= 0.6 is 11.3 Å². The summed E-state index contributed by atoms with van der Waals surface area (Å²) in [5.41, 5.74) is 1.05. The number of aromatic nitrogens is 1. The Balaban J connectivity index is 1.93. The average molecular weight is 449 g/mol. The number of nitrogens with one attached hydrogen (secondary N) is 2. The Morgan fingerprint density at radius 3 is 2.58 bits per heavy atom. The molecule has 170 valence electrons. The second-order valence-corrected chi connectivity index (χ2v) is 7.96. The maximum absolute atomic E-state index is 12.8. The Labute approximate surface area is 188 Å². The molecular weight excluding hydrogens is 416 g/mol. The van der Waals surface area contributed by atoms with Crippen LogP contribution in [0.4, 0.5) is 10.5 Å². The molecule has 0 bridgehead atoms. The molecule has 0 aliphatic carbocycles. The zero-order valence-electron chi connectivity index (χ0n) is 18.5. The van der Waals surface area contributed by atoms with Crippen LogP contribution in [0, 0.1) is 0 Å². The first-order valence-corrected chi connectivity index (χ1v) is 11.4. The van der Waals surface area contributed by atoms with Crippen molar-refractivity contribution < 1.29 is 19.1 Å². The zero-order chi connectivity index (χ0) is 22.5. The molecule has 9 heteroatoms. The van der Waals surface area contributed by atoms with Crippen molar-refractivity contribution in [2.24, 2.45) is 0 Å². The van der Waals surface area contributed by atoms with E-state index in [-0.39, 0.29) is 11.9 Å². The lowest BCUT2D eigenvalue weighted by Crippen LogP contribution is -2.36. The smallest absolute Gasteiger partial charge is 0.322 e. The number of carbonyl (C=O) groups is 2. The lowest BCUT2D eigenvalue weighted by Gasteiger charge is -2.22. The number of hydrogen-bond donors (Lipinski definition) is 2. The topological polar surface area (TPSA) is 92.8 Å². The number of amides is 3. The molecule has 8 nitrogen and oxygen atoms in total. The number of thiazole rings is 1. The lowest BCUT2D eigenvalue weighted by atomic mass is 10.2. The number of unbranched alkanes of at least 4 members (excludes halogenated alkanes) is 3. The minimum absolute atomic E-state index is 0.176. The van der Waals surface area contributed by atoms with E-state index in [4.69, 9.17) is 9.47 Å². The number of nitrogens with zero attached hydrogens (tertiary/aromatic N) is 2. The minimum atomic E-state index is -0.264. The summed E-state index contributed by atoms with van der Waals surface area (Å²) in [7, 11) is 3.18. The van der Waals surface area contributed by atoms with E-state index in [1.54, 1.807) is 48.8 Å². The van der Waals surface area contributed by atoms with Crippen molar-refractivity contribution in [2.45, 2.75) is 39.2 Å². The third-order valence-electron chi connectivity index (χ3n) is 4.62. The summed E-state index contributed by atoms with van der Waals surface area (Å²) < 4.78 is 10.3. The predicted octanol–water partition coefficient (Wildman–Crippen LogP) is 4.14. The molecule has 1 aromatic carbocycles. The number of hydrogen-bond acceptors (Lipinski definition) is 6. The summed E-state index contributed by atoms with van der Waals surface area (Å²) >= 11 is 1.36. The highest BCUT2D eigenvalue weighted by molar-refractivity contribution is 7.09. The van der Waals surface area contributed by atoms with Crippen molar-refractivity contribution in [3.8, 4) is 5.75 Å². The van der Waals surface area contributed by atoms with Gasteiger partial charge in [-0.05, 0) is 30.7 Å². The zero-order valence-corrected chi connectivity index (χ0v) is 19.3. The maximum atomic E-state index is 12.8.